The van der Waals surface area contributed by atoms with E-state index in [1.165, 1.54) is 25.1 Å². The molecule has 3 aromatic rings. The maximum atomic E-state index is 13.3. The van der Waals surface area contributed by atoms with Crippen LogP contribution in [0.2, 0.25) is 0 Å². The van der Waals surface area contributed by atoms with Gasteiger partial charge in [0.2, 0.25) is 10.0 Å². The number of sulfonamides is 1. The molecule has 1 aromatic carbocycles. The van der Waals surface area contributed by atoms with E-state index in [9.17, 15) is 12.8 Å². The van der Waals surface area contributed by atoms with Crippen molar-refractivity contribution in [2.24, 2.45) is 7.05 Å². The highest BCUT2D eigenvalue weighted by atomic mass is 32.2. The van der Waals surface area contributed by atoms with Crippen molar-refractivity contribution in [1.29, 1.82) is 0 Å². The van der Waals surface area contributed by atoms with E-state index in [4.69, 9.17) is 0 Å². The van der Waals surface area contributed by atoms with E-state index >= 15 is 0 Å². The second kappa shape index (κ2) is 6.33. The summed E-state index contributed by atoms with van der Waals surface area (Å²) in [6, 6.07) is 7.60. The molecular formula is C17H18FN3O2S. The summed E-state index contributed by atoms with van der Waals surface area (Å²) in [5.74, 6) is -0.419. The molecule has 0 fully saturated rings. The lowest BCUT2D eigenvalue weighted by atomic mass is 10.2. The summed E-state index contributed by atoms with van der Waals surface area (Å²) in [5.41, 5.74) is 2.20. The van der Waals surface area contributed by atoms with Crippen LogP contribution in [0.3, 0.4) is 0 Å². The third kappa shape index (κ3) is 3.18. The molecule has 0 amide bonds. The van der Waals surface area contributed by atoms with Crippen molar-refractivity contribution < 1.29 is 12.8 Å². The monoisotopic (exact) mass is 347 g/mol. The van der Waals surface area contributed by atoms with E-state index in [1.54, 1.807) is 6.20 Å². The van der Waals surface area contributed by atoms with Crippen LogP contribution in [0, 0.1) is 12.7 Å². The van der Waals surface area contributed by atoms with Crippen molar-refractivity contribution >= 4 is 21.1 Å². The summed E-state index contributed by atoms with van der Waals surface area (Å²) in [7, 11) is -1.75. The van der Waals surface area contributed by atoms with E-state index in [2.05, 4.69) is 9.71 Å². The predicted octanol–water partition coefficient (Wildman–Crippen LogP) is 2.54. The smallest absolute Gasteiger partial charge is 0.240 e. The Hall–Kier alpha value is -2.25. The first-order chi connectivity index (χ1) is 11.4. The molecule has 24 heavy (non-hydrogen) atoms. The number of nitrogens with one attached hydrogen (secondary N) is 1. The molecule has 0 spiro atoms. The summed E-state index contributed by atoms with van der Waals surface area (Å²) < 4.78 is 42.4. The SMILES string of the molecule is Cc1cc(S(=O)(=O)NCCc2cn(C)c3ncccc23)ccc1F. The minimum Gasteiger partial charge on any atom is -0.335 e. The Bertz CT molecular complexity index is 996. The van der Waals surface area contributed by atoms with E-state index in [1.807, 2.05) is 29.9 Å². The molecule has 2 aromatic heterocycles. The van der Waals surface area contributed by atoms with Gasteiger partial charge in [0.15, 0.2) is 0 Å². The van der Waals surface area contributed by atoms with Gasteiger partial charge >= 0.3 is 0 Å². The second-order valence-corrected chi connectivity index (χ2v) is 7.47. The molecular weight excluding hydrogens is 329 g/mol. The molecule has 0 aliphatic heterocycles. The number of fused-ring (bicyclic) bond motifs is 1. The Balaban J connectivity index is 1.74. The molecule has 0 aliphatic carbocycles. The lowest BCUT2D eigenvalue weighted by Crippen LogP contribution is -2.26. The Kier molecular flexibility index (Phi) is 4.38. The maximum absolute atomic E-state index is 13.3. The van der Waals surface area contributed by atoms with Gasteiger partial charge in [-0.15, -0.1) is 0 Å². The molecule has 3 rings (SSSR count). The van der Waals surface area contributed by atoms with Gasteiger partial charge in [-0.1, -0.05) is 0 Å². The minimum absolute atomic E-state index is 0.0704. The zero-order valence-corrected chi connectivity index (χ0v) is 14.3. The highest BCUT2D eigenvalue weighted by Gasteiger charge is 2.15. The number of rotatable bonds is 5. The fourth-order valence-electron chi connectivity index (χ4n) is 2.68. The average molecular weight is 347 g/mol. The Morgan fingerprint density at radius 1 is 1.29 bits per heavy atom. The molecule has 0 bridgehead atoms. The molecule has 0 atom stereocenters. The van der Waals surface area contributed by atoms with Crippen molar-refractivity contribution in [2.45, 2.75) is 18.2 Å². The van der Waals surface area contributed by atoms with E-state index in [0.717, 1.165) is 16.6 Å². The number of pyridine rings is 1. The lowest BCUT2D eigenvalue weighted by Gasteiger charge is -2.07. The molecule has 7 heteroatoms. The van der Waals surface area contributed by atoms with Crippen molar-refractivity contribution in [1.82, 2.24) is 14.3 Å². The van der Waals surface area contributed by atoms with E-state index in [0.29, 0.717) is 12.0 Å². The maximum Gasteiger partial charge on any atom is 0.240 e. The number of aryl methyl sites for hydroxylation is 2. The highest BCUT2D eigenvalue weighted by molar-refractivity contribution is 7.89. The number of halogens is 1. The second-order valence-electron chi connectivity index (χ2n) is 5.70. The quantitative estimate of drug-likeness (QED) is 0.771. The van der Waals surface area contributed by atoms with Gasteiger partial charge in [0.05, 0.1) is 4.90 Å². The van der Waals surface area contributed by atoms with Gasteiger partial charge in [-0.25, -0.2) is 22.5 Å². The number of hydrogen-bond donors (Lipinski definition) is 1. The molecule has 0 saturated carbocycles. The molecule has 0 saturated heterocycles. The Labute approximate surface area is 140 Å². The fourth-order valence-corrected chi connectivity index (χ4v) is 3.80. The summed E-state index contributed by atoms with van der Waals surface area (Å²) >= 11 is 0. The van der Waals surface area contributed by atoms with Crippen LogP contribution in [-0.4, -0.2) is 24.5 Å². The Morgan fingerprint density at radius 2 is 2.08 bits per heavy atom. The van der Waals surface area contributed by atoms with Crippen molar-refractivity contribution in [3.63, 3.8) is 0 Å². The lowest BCUT2D eigenvalue weighted by molar-refractivity contribution is 0.580. The topological polar surface area (TPSA) is 64.0 Å². The van der Waals surface area contributed by atoms with Crippen LogP contribution in [0.25, 0.3) is 11.0 Å². The first-order valence-electron chi connectivity index (χ1n) is 7.53. The molecule has 126 valence electrons. The van der Waals surface area contributed by atoms with Gasteiger partial charge in [-0.2, -0.15) is 0 Å². The number of benzene rings is 1. The largest absolute Gasteiger partial charge is 0.335 e. The van der Waals surface area contributed by atoms with Gasteiger partial charge in [0, 0.05) is 31.4 Å². The third-order valence-corrected chi connectivity index (χ3v) is 5.40. The summed E-state index contributed by atoms with van der Waals surface area (Å²) in [6.07, 6.45) is 4.22. The van der Waals surface area contributed by atoms with Crippen LogP contribution >= 0.6 is 0 Å². The van der Waals surface area contributed by atoms with Crippen LogP contribution in [-0.2, 0) is 23.5 Å². The third-order valence-electron chi connectivity index (χ3n) is 3.94. The summed E-state index contributed by atoms with van der Waals surface area (Å²) in [6.45, 7) is 1.80. The molecule has 5 nitrogen and oxygen atoms in total. The van der Waals surface area contributed by atoms with Gasteiger partial charge in [0.25, 0.3) is 0 Å². The van der Waals surface area contributed by atoms with Crippen molar-refractivity contribution in [3.05, 3.63) is 59.7 Å². The molecule has 0 unspecified atom stereocenters. The zero-order chi connectivity index (χ0) is 17.3. The number of hydrogen-bond acceptors (Lipinski definition) is 3. The van der Waals surface area contributed by atoms with Crippen LogP contribution in [0.1, 0.15) is 11.1 Å². The highest BCUT2D eigenvalue weighted by Crippen LogP contribution is 2.19. The van der Waals surface area contributed by atoms with Gasteiger partial charge < -0.3 is 4.57 Å². The fraction of sp³-hybridized carbons (Fsp3) is 0.235. The normalized spacial score (nSPS) is 12.0. The van der Waals surface area contributed by atoms with Crippen LogP contribution in [0.5, 0.6) is 0 Å². The van der Waals surface area contributed by atoms with Gasteiger partial charge in [-0.05, 0) is 54.8 Å². The summed E-state index contributed by atoms with van der Waals surface area (Å²) in [4.78, 5) is 4.38. The number of nitrogens with zero attached hydrogens (tertiary/aromatic N) is 2. The Morgan fingerprint density at radius 3 is 2.83 bits per heavy atom. The van der Waals surface area contributed by atoms with Gasteiger partial charge in [0.1, 0.15) is 11.5 Å². The van der Waals surface area contributed by atoms with Crippen molar-refractivity contribution in [2.75, 3.05) is 6.54 Å². The number of aromatic nitrogens is 2. The molecule has 0 radical (unpaired) electrons. The van der Waals surface area contributed by atoms with E-state index in [-0.39, 0.29) is 11.4 Å². The summed E-state index contributed by atoms with van der Waals surface area (Å²) in [5, 5.41) is 1.01. The molecule has 1 N–H and O–H groups in total. The molecule has 0 aliphatic rings. The van der Waals surface area contributed by atoms with Crippen LogP contribution in [0.4, 0.5) is 4.39 Å². The van der Waals surface area contributed by atoms with E-state index < -0.39 is 15.8 Å². The standard InChI is InChI=1S/C17H18FN3O2S/c1-12-10-14(5-6-16(12)18)24(22,23)20-9-7-13-11-21(2)17-15(13)4-3-8-19-17/h3-6,8,10-11,20H,7,9H2,1-2H3. The average Bonchev–Trinajstić information content (AvgIpc) is 2.87. The predicted molar refractivity (Wildman–Crippen MR) is 90.7 cm³/mol. The van der Waals surface area contributed by atoms with Gasteiger partial charge in [-0.3, -0.25) is 0 Å². The first-order valence-corrected chi connectivity index (χ1v) is 9.01. The first kappa shape index (κ1) is 16.6. The van der Waals surface area contributed by atoms with Crippen molar-refractivity contribution in [3.8, 4) is 0 Å². The molecule has 2 heterocycles. The zero-order valence-electron chi connectivity index (χ0n) is 13.5. The van der Waals surface area contributed by atoms with Crippen LogP contribution < -0.4 is 4.72 Å². The van der Waals surface area contributed by atoms with Crippen LogP contribution in [0.15, 0.2) is 47.6 Å². The minimum atomic E-state index is -3.66.